The molecule has 0 aromatic carbocycles. The van der Waals surface area contributed by atoms with Gasteiger partial charge in [-0.3, -0.25) is 4.98 Å². The van der Waals surface area contributed by atoms with Crippen LogP contribution in [0.4, 0.5) is 0 Å². The molecule has 1 fully saturated rings. The van der Waals surface area contributed by atoms with Crippen LogP contribution in [0.15, 0.2) is 18.3 Å². The molecule has 1 aromatic heterocycles. The van der Waals surface area contributed by atoms with Crippen LogP contribution in [-0.4, -0.2) is 11.5 Å². The Kier molecular flexibility index (Phi) is 2.55. The lowest BCUT2D eigenvalue weighted by atomic mass is 10.1. The van der Waals surface area contributed by atoms with E-state index in [0.29, 0.717) is 5.41 Å². The second-order valence-electron chi connectivity index (χ2n) is 4.72. The molecule has 1 heterocycles. The highest BCUT2D eigenvalue weighted by Crippen LogP contribution is 2.44. The molecule has 0 atom stereocenters. The van der Waals surface area contributed by atoms with Crippen LogP contribution in [-0.2, 0) is 6.54 Å². The number of nitrogens with zero attached hydrogens (tertiary/aromatic N) is 1. The van der Waals surface area contributed by atoms with Gasteiger partial charge in [-0.2, -0.15) is 0 Å². The molecule has 0 aliphatic heterocycles. The number of aryl methyl sites for hydroxylation is 1. The van der Waals surface area contributed by atoms with Gasteiger partial charge in [-0.15, -0.1) is 0 Å². The minimum Gasteiger partial charge on any atom is -0.312 e. The van der Waals surface area contributed by atoms with Crippen molar-refractivity contribution in [2.75, 3.05) is 6.54 Å². The standard InChI is InChI=1S/C12H18N2/c1-10-3-4-11(8-14-10)7-13-9-12(2)5-6-12/h3-4,8,13H,5-7,9H2,1-2H3. The van der Waals surface area contributed by atoms with Gasteiger partial charge in [0.05, 0.1) is 0 Å². The number of rotatable bonds is 4. The Morgan fingerprint density at radius 2 is 2.21 bits per heavy atom. The van der Waals surface area contributed by atoms with E-state index in [9.17, 15) is 0 Å². The molecule has 1 aliphatic carbocycles. The maximum Gasteiger partial charge on any atom is 0.0372 e. The van der Waals surface area contributed by atoms with Crippen molar-refractivity contribution in [3.63, 3.8) is 0 Å². The van der Waals surface area contributed by atoms with Crippen LogP contribution in [0.1, 0.15) is 31.0 Å². The molecule has 0 bridgehead atoms. The summed E-state index contributed by atoms with van der Waals surface area (Å²) in [7, 11) is 0. The lowest BCUT2D eigenvalue weighted by Gasteiger charge is -2.09. The number of aromatic nitrogens is 1. The van der Waals surface area contributed by atoms with Gasteiger partial charge in [0.1, 0.15) is 0 Å². The van der Waals surface area contributed by atoms with E-state index in [1.54, 1.807) is 0 Å². The van der Waals surface area contributed by atoms with E-state index in [0.717, 1.165) is 18.8 Å². The number of pyridine rings is 1. The third-order valence-electron chi connectivity index (χ3n) is 2.96. The van der Waals surface area contributed by atoms with Crippen molar-refractivity contribution in [2.45, 2.75) is 33.2 Å². The van der Waals surface area contributed by atoms with E-state index in [4.69, 9.17) is 0 Å². The van der Waals surface area contributed by atoms with E-state index in [2.05, 4.69) is 29.4 Å². The summed E-state index contributed by atoms with van der Waals surface area (Å²) in [5.74, 6) is 0. The fourth-order valence-electron chi connectivity index (χ4n) is 1.50. The molecule has 1 aliphatic rings. The number of hydrogen-bond donors (Lipinski definition) is 1. The summed E-state index contributed by atoms with van der Waals surface area (Å²) in [4.78, 5) is 4.27. The quantitative estimate of drug-likeness (QED) is 0.788. The van der Waals surface area contributed by atoms with Gasteiger partial charge in [-0.1, -0.05) is 13.0 Å². The molecule has 2 nitrogen and oxygen atoms in total. The van der Waals surface area contributed by atoms with Crippen molar-refractivity contribution in [3.05, 3.63) is 29.6 Å². The van der Waals surface area contributed by atoms with Gasteiger partial charge in [0.15, 0.2) is 0 Å². The first-order chi connectivity index (χ1) is 6.68. The summed E-state index contributed by atoms with van der Waals surface area (Å²) in [5.41, 5.74) is 2.96. The molecule has 1 saturated carbocycles. The lowest BCUT2D eigenvalue weighted by Crippen LogP contribution is -2.21. The second-order valence-corrected chi connectivity index (χ2v) is 4.72. The first-order valence-corrected chi connectivity index (χ1v) is 5.30. The molecule has 0 spiro atoms. The highest BCUT2D eigenvalue weighted by molar-refractivity contribution is 5.12. The smallest absolute Gasteiger partial charge is 0.0372 e. The van der Waals surface area contributed by atoms with E-state index < -0.39 is 0 Å². The van der Waals surface area contributed by atoms with Gasteiger partial charge < -0.3 is 5.32 Å². The minimum absolute atomic E-state index is 0.595. The minimum atomic E-state index is 0.595. The normalized spacial score (nSPS) is 18.1. The Bertz CT molecular complexity index is 299. The predicted molar refractivity (Wildman–Crippen MR) is 58.0 cm³/mol. The van der Waals surface area contributed by atoms with E-state index in [-0.39, 0.29) is 0 Å². The molecule has 76 valence electrons. The molecule has 2 heteroatoms. The third kappa shape index (κ3) is 2.55. The van der Waals surface area contributed by atoms with Crippen LogP contribution >= 0.6 is 0 Å². The zero-order valence-electron chi connectivity index (χ0n) is 9.01. The van der Waals surface area contributed by atoms with E-state index >= 15 is 0 Å². The summed E-state index contributed by atoms with van der Waals surface area (Å²) < 4.78 is 0. The van der Waals surface area contributed by atoms with E-state index in [1.165, 1.54) is 18.4 Å². The maximum atomic E-state index is 4.27. The molecule has 0 radical (unpaired) electrons. The molecule has 0 saturated heterocycles. The predicted octanol–water partition coefficient (Wildman–Crippen LogP) is 2.28. The Hall–Kier alpha value is -0.890. The highest BCUT2D eigenvalue weighted by atomic mass is 14.9. The van der Waals surface area contributed by atoms with Gasteiger partial charge in [0, 0.05) is 25.0 Å². The first-order valence-electron chi connectivity index (χ1n) is 5.30. The Morgan fingerprint density at radius 3 is 2.79 bits per heavy atom. The average Bonchev–Trinajstić information content (AvgIpc) is 2.88. The number of nitrogens with one attached hydrogen (secondary N) is 1. The molecule has 1 N–H and O–H groups in total. The first kappa shape index (κ1) is 9.66. The Labute approximate surface area is 85.7 Å². The van der Waals surface area contributed by atoms with Gasteiger partial charge in [0.2, 0.25) is 0 Å². The molecule has 0 unspecified atom stereocenters. The van der Waals surface area contributed by atoms with Crippen LogP contribution in [0.5, 0.6) is 0 Å². The Balaban J connectivity index is 1.77. The van der Waals surface area contributed by atoms with E-state index in [1.807, 2.05) is 13.1 Å². The van der Waals surface area contributed by atoms with Crippen LogP contribution in [0, 0.1) is 12.3 Å². The van der Waals surface area contributed by atoms with Crippen molar-refractivity contribution >= 4 is 0 Å². The monoisotopic (exact) mass is 190 g/mol. The maximum absolute atomic E-state index is 4.27. The zero-order chi connectivity index (χ0) is 10.0. The zero-order valence-corrected chi connectivity index (χ0v) is 9.01. The van der Waals surface area contributed by atoms with Crippen molar-refractivity contribution in [1.29, 1.82) is 0 Å². The van der Waals surface area contributed by atoms with Gasteiger partial charge >= 0.3 is 0 Å². The highest BCUT2D eigenvalue weighted by Gasteiger charge is 2.36. The van der Waals surface area contributed by atoms with Crippen LogP contribution < -0.4 is 5.32 Å². The summed E-state index contributed by atoms with van der Waals surface area (Å²) >= 11 is 0. The van der Waals surface area contributed by atoms with Gasteiger partial charge in [0.25, 0.3) is 0 Å². The SMILES string of the molecule is Cc1ccc(CNCC2(C)CC2)cn1. The fourth-order valence-corrected chi connectivity index (χ4v) is 1.50. The second kappa shape index (κ2) is 3.70. The summed E-state index contributed by atoms with van der Waals surface area (Å²) in [6.07, 6.45) is 4.72. The average molecular weight is 190 g/mol. The summed E-state index contributed by atoms with van der Waals surface area (Å²) in [5, 5.41) is 3.48. The molecular weight excluding hydrogens is 172 g/mol. The largest absolute Gasteiger partial charge is 0.312 e. The third-order valence-corrected chi connectivity index (χ3v) is 2.96. The van der Waals surface area contributed by atoms with Crippen LogP contribution in [0.3, 0.4) is 0 Å². The molecule has 1 aromatic rings. The van der Waals surface area contributed by atoms with Crippen LogP contribution in [0.25, 0.3) is 0 Å². The van der Waals surface area contributed by atoms with Crippen molar-refractivity contribution < 1.29 is 0 Å². The van der Waals surface area contributed by atoms with Crippen LogP contribution in [0.2, 0.25) is 0 Å². The topological polar surface area (TPSA) is 24.9 Å². The molecule has 2 rings (SSSR count). The van der Waals surface area contributed by atoms with Gasteiger partial charge in [-0.25, -0.2) is 0 Å². The molecule has 0 amide bonds. The molecule has 14 heavy (non-hydrogen) atoms. The van der Waals surface area contributed by atoms with Crippen molar-refractivity contribution in [2.24, 2.45) is 5.41 Å². The molecular formula is C12H18N2. The Morgan fingerprint density at radius 1 is 1.43 bits per heavy atom. The van der Waals surface area contributed by atoms with Crippen molar-refractivity contribution in [3.8, 4) is 0 Å². The lowest BCUT2D eigenvalue weighted by molar-refractivity contribution is 0.499. The van der Waals surface area contributed by atoms with Gasteiger partial charge in [-0.05, 0) is 36.8 Å². The fraction of sp³-hybridized carbons (Fsp3) is 0.583. The summed E-state index contributed by atoms with van der Waals surface area (Å²) in [6, 6.07) is 4.21. The summed E-state index contributed by atoms with van der Waals surface area (Å²) in [6.45, 7) is 6.44. The van der Waals surface area contributed by atoms with Crippen molar-refractivity contribution in [1.82, 2.24) is 10.3 Å². The number of hydrogen-bond acceptors (Lipinski definition) is 2.